The lowest BCUT2D eigenvalue weighted by Gasteiger charge is -2.24. The van der Waals surface area contributed by atoms with Gasteiger partial charge in [-0.15, -0.1) is 0 Å². The molecular formula is C19H24N2O3. The maximum atomic E-state index is 12.8. The smallest absolute Gasteiger partial charge is 0.308 e. The van der Waals surface area contributed by atoms with Crippen LogP contribution in [0.25, 0.3) is 10.9 Å². The monoisotopic (exact) mass is 328 g/mol. The second kappa shape index (κ2) is 6.67. The van der Waals surface area contributed by atoms with Crippen molar-refractivity contribution in [1.29, 1.82) is 0 Å². The highest BCUT2D eigenvalue weighted by Crippen LogP contribution is 2.29. The van der Waals surface area contributed by atoms with Gasteiger partial charge in [-0.3, -0.25) is 9.59 Å². The summed E-state index contributed by atoms with van der Waals surface area (Å²) >= 11 is 0. The van der Waals surface area contributed by atoms with Gasteiger partial charge in [0.15, 0.2) is 0 Å². The molecule has 1 aliphatic rings. The van der Waals surface area contributed by atoms with E-state index in [9.17, 15) is 9.59 Å². The molecule has 1 N–H and O–H groups in total. The average molecular weight is 328 g/mol. The predicted molar refractivity (Wildman–Crippen MR) is 92.9 cm³/mol. The normalized spacial score (nSPS) is 15.4. The fourth-order valence-electron chi connectivity index (χ4n) is 3.20. The first kappa shape index (κ1) is 16.6. The lowest BCUT2D eigenvalue weighted by molar-refractivity contribution is -0.143. The summed E-state index contributed by atoms with van der Waals surface area (Å²) in [6.45, 7) is 4.90. The summed E-state index contributed by atoms with van der Waals surface area (Å²) in [5.41, 5.74) is 2.16. The number of benzene rings is 1. The van der Waals surface area contributed by atoms with Crippen LogP contribution in [0.15, 0.2) is 30.5 Å². The van der Waals surface area contributed by atoms with E-state index in [1.165, 1.54) is 0 Å². The summed E-state index contributed by atoms with van der Waals surface area (Å²) in [6, 6.07) is 8.33. The highest BCUT2D eigenvalue weighted by atomic mass is 16.4. The number of amides is 1. The maximum Gasteiger partial charge on any atom is 0.308 e. The van der Waals surface area contributed by atoms with Crippen molar-refractivity contribution in [3.05, 3.63) is 36.0 Å². The fourth-order valence-corrected chi connectivity index (χ4v) is 3.20. The molecule has 1 heterocycles. The molecule has 3 rings (SSSR count). The molecule has 128 valence electrons. The Bertz CT molecular complexity index is 761. The van der Waals surface area contributed by atoms with Gasteiger partial charge in [0.25, 0.3) is 0 Å². The quantitative estimate of drug-likeness (QED) is 0.850. The van der Waals surface area contributed by atoms with Crippen LogP contribution in [0.2, 0.25) is 0 Å². The standard InChI is InChI=1S/C19H24N2O3/c1-3-20-12-14(16-6-4-5-7-17(16)20)10-18(22)21(15-8-9-15)11-13(2)19(23)24/h4-7,12-13,15H,3,8-11H2,1-2H3,(H,23,24). The minimum absolute atomic E-state index is 0.0320. The van der Waals surface area contributed by atoms with E-state index in [0.29, 0.717) is 13.0 Å². The zero-order valence-electron chi connectivity index (χ0n) is 14.2. The summed E-state index contributed by atoms with van der Waals surface area (Å²) in [7, 11) is 0. The van der Waals surface area contributed by atoms with Crippen molar-refractivity contribution in [2.45, 2.75) is 45.7 Å². The largest absolute Gasteiger partial charge is 0.481 e. The lowest BCUT2D eigenvalue weighted by Crippen LogP contribution is -2.39. The maximum absolute atomic E-state index is 12.8. The summed E-state index contributed by atoms with van der Waals surface area (Å²) in [4.78, 5) is 25.7. The van der Waals surface area contributed by atoms with Crippen LogP contribution in [0.1, 0.15) is 32.3 Å². The summed E-state index contributed by atoms with van der Waals surface area (Å²) < 4.78 is 2.15. The Hall–Kier alpha value is -2.30. The molecular weight excluding hydrogens is 304 g/mol. The van der Waals surface area contributed by atoms with Crippen molar-refractivity contribution in [3.63, 3.8) is 0 Å². The van der Waals surface area contributed by atoms with E-state index >= 15 is 0 Å². The molecule has 1 unspecified atom stereocenters. The van der Waals surface area contributed by atoms with Gasteiger partial charge in [-0.2, -0.15) is 0 Å². The van der Waals surface area contributed by atoms with Gasteiger partial charge in [0.2, 0.25) is 5.91 Å². The minimum Gasteiger partial charge on any atom is -0.481 e. The first-order chi connectivity index (χ1) is 11.5. The van der Waals surface area contributed by atoms with Gasteiger partial charge < -0.3 is 14.6 Å². The van der Waals surface area contributed by atoms with Crippen molar-refractivity contribution in [3.8, 4) is 0 Å². The van der Waals surface area contributed by atoms with E-state index in [-0.39, 0.29) is 11.9 Å². The van der Waals surface area contributed by atoms with E-state index < -0.39 is 11.9 Å². The van der Waals surface area contributed by atoms with Crippen molar-refractivity contribution >= 4 is 22.8 Å². The Morgan fingerprint density at radius 1 is 1.33 bits per heavy atom. The van der Waals surface area contributed by atoms with E-state index in [4.69, 9.17) is 5.11 Å². The lowest BCUT2D eigenvalue weighted by atomic mass is 10.1. The molecule has 1 aromatic carbocycles. The second-order valence-electron chi connectivity index (χ2n) is 6.65. The molecule has 0 bridgehead atoms. The van der Waals surface area contributed by atoms with Crippen molar-refractivity contribution in [1.82, 2.24) is 9.47 Å². The molecule has 1 amide bonds. The molecule has 2 aromatic rings. The minimum atomic E-state index is -0.851. The number of nitrogens with zero attached hydrogens (tertiary/aromatic N) is 2. The van der Waals surface area contributed by atoms with Crippen LogP contribution in [-0.2, 0) is 22.6 Å². The van der Waals surface area contributed by atoms with Crippen molar-refractivity contribution < 1.29 is 14.7 Å². The number of hydrogen-bond donors (Lipinski definition) is 1. The van der Waals surface area contributed by atoms with Crippen LogP contribution in [0.4, 0.5) is 0 Å². The molecule has 1 saturated carbocycles. The zero-order valence-corrected chi connectivity index (χ0v) is 14.2. The Morgan fingerprint density at radius 3 is 2.67 bits per heavy atom. The van der Waals surface area contributed by atoms with Crippen molar-refractivity contribution in [2.75, 3.05) is 6.54 Å². The van der Waals surface area contributed by atoms with Crippen LogP contribution in [0.5, 0.6) is 0 Å². The van der Waals surface area contributed by atoms with E-state index in [1.807, 2.05) is 24.4 Å². The number of aryl methyl sites for hydroxylation is 1. The Kier molecular flexibility index (Phi) is 4.60. The molecule has 1 aliphatic carbocycles. The van der Waals surface area contributed by atoms with Crippen LogP contribution in [0, 0.1) is 5.92 Å². The Morgan fingerprint density at radius 2 is 2.04 bits per heavy atom. The van der Waals surface area contributed by atoms with E-state index in [2.05, 4.69) is 17.6 Å². The molecule has 0 saturated heterocycles. The topological polar surface area (TPSA) is 62.5 Å². The van der Waals surface area contributed by atoms with Crippen LogP contribution < -0.4 is 0 Å². The number of carboxylic acid groups (broad SMARTS) is 1. The first-order valence-electron chi connectivity index (χ1n) is 8.60. The molecule has 0 radical (unpaired) electrons. The highest BCUT2D eigenvalue weighted by molar-refractivity contribution is 5.89. The van der Waals surface area contributed by atoms with Gasteiger partial charge in [0, 0.05) is 36.2 Å². The van der Waals surface area contributed by atoms with Crippen LogP contribution >= 0.6 is 0 Å². The molecule has 0 aliphatic heterocycles. The van der Waals surface area contributed by atoms with Gasteiger partial charge in [-0.05, 0) is 31.4 Å². The van der Waals surface area contributed by atoms with Gasteiger partial charge in [0.05, 0.1) is 12.3 Å². The first-order valence-corrected chi connectivity index (χ1v) is 8.60. The van der Waals surface area contributed by atoms with Crippen molar-refractivity contribution in [2.24, 2.45) is 5.92 Å². The molecule has 1 atom stereocenters. The molecule has 24 heavy (non-hydrogen) atoms. The zero-order chi connectivity index (χ0) is 17.3. The summed E-state index contributed by atoms with van der Waals surface area (Å²) in [6.07, 6.45) is 4.34. The number of carbonyl (C=O) groups excluding carboxylic acids is 1. The summed E-state index contributed by atoms with van der Waals surface area (Å²) in [5, 5.41) is 10.2. The van der Waals surface area contributed by atoms with Crippen LogP contribution in [0.3, 0.4) is 0 Å². The van der Waals surface area contributed by atoms with Gasteiger partial charge in [-0.1, -0.05) is 25.1 Å². The second-order valence-corrected chi connectivity index (χ2v) is 6.65. The average Bonchev–Trinajstić information content (AvgIpc) is 3.35. The number of rotatable bonds is 7. The number of fused-ring (bicyclic) bond motifs is 1. The summed E-state index contributed by atoms with van der Waals surface area (Å²) in [5.74, 6) is -1.35. The molecule has 0 spiro atoms. The number of aliphatic carboxylic acids is 1. The van der Waals surface area contributed by atoms with Crippen LogP contribution in [-0.4, -0.2) is 39.0 Å². The van der Waals surface area contributed by atoms with Gasteiger partial charge >= 0.3 is 5.97 Å². The fraction of sp³-hybridized carbons (Fsp3) is 0.474. The van der Waals surface area contributed by atoms with Gasteiger partial charge in [-0.25, -0.2) is 0 Å². The highest BCUT2D eigenvalue weighted by Gasteiger charge is 2.34. The van der Waals surface area contributed by atoms with E-state index in [1.54, 1.807) is 11.8 Å². The molecule has 5 nitrogen and oxygen atoms in total. The third-order valence-corrected chi connectivity index (χ3v) is 4.75. The predicted octanol–water partition coefficient (Wildman–Crippen LogP) is 2.92. The molecule has 1 aromatic heterocycles. The molecule has 5 heteroatoms. The number of hydrogen-bond acceptors (Lipinski definition) is 2. The van der Waals surface area contributed by atoms with Gasteiger partial charge in [0.1, 0.15) is 0 Å². The third kappa shape index (κ3) is 3.30. The van der Waals surface area contributed by atoms with E-state index in [0.717, 1.165) is 35.9 Å². The number of aromatic nitrogens is 1. The SMILES string of the molecule is CCn1cc(CC(=O)N(CC(C)C(=O)O)C2CC2)c2ccccc21. The number of para-hydroxylation sites is 1. The molecule has 1 fully saturated rings. The Labute approximate surface area is 141 Å². The Balaban J connectivity index is 1.81. The number of carboxylic acids is 1. The number of carbonyl (C=O) groups is 2. The third-order valence-electron chi connectivity index (χ3n) is 4.75.